The van der Waals surface area contributed by atoms with E-state index >= 15 is 0 Å². The van der Waals surface area contributed by atoms with Crippen LogP contribution >= 0.6 is 0 Å². The number of hydrogen-bond acceptors (Lipinski definition) is 2. The Kier molecular flexibility index (Phi) is 7.70. The number of carbonyl (C=O) groups excluding carboxylic acids is 1. The molecule has 1 aromatic rings. The highest BCUT2D eigenvalue weighted by molar-refractivity contribution is 5.81. The van der Waals surface area contributed by atoms with Crippen molar-refractivity contribution in [3.8, 4) is 0 Å². The lowest BCUT2D eigenvalue weighted by Crippen LogP contribution is -2.42. The van der Waals surface area contributed by atoms with Gasteiger partial charge in [-0.05, 0) is 43.4 Å². The normalized spacial score (nSPS) is 18.1. The van der Waals surface area contributed by atoms with E-state index in [0.717, 1.165) is 31.6 Å². The minimum atomic E-state index is -0.257. The van der Waals surface area contributed by atoms with Crippen LogP contribution in [0.5, 0.6) is 0 Å². The summed E-state index contributed by atoms with van der Waals surface area (Å²) in [4.78, 5) is 18.7. The lowest BCUT2D eigenvalue weighted by molar-refractivity contribution is -0.132. The van der Waals surface area contributed by atoms with E-state index in [-0.39, 0.29) is 11.7 Å². The summed E-state index contributed by atoms with van der Waals surface area (Å²) in [6, 6.07) is 6.42. The van der Waals surface area contributed by atoms with Crippen LogP contribution in [0.1, 0.15) is 38.7 Å². The van der Waals surface area contributed by atoms with E-state index in [2.05, 4.69) is 22.5 Å². The van der Waals surface area contributed by atoms with Gasteiger partial charge in [-0.3, -0.25) is 4.79 Å². The molecular weight excluding hydrogens is 319 g/mol. The van der Waals surface area contributed by atoms with E-state index in [9.17, 15) is 9.18 Å². The van der Waals surface area contributed by atoms with Gasteiger partial charge in [0.15, 0.2) is 5.96 Å². The molecule has 1 fully saturated rings. The van der Waals surface area contributed by atoms with E-state index in [4.69, 9.17) is 0 Å². The van der Waals surface area contributed by atoms with Crippen LogP contribution in [-0.4, -0.2) is 42.9 Å². The third-order valence-corrected chi connectivity index (χ3v) is 4.29. The van der Waals surface area contributed by atoms with Crippen LogP contribution < -0.4 is 10.6 Å². The quantitative estimate of drug-likeness (QED) is 0.614. The van der Waals surface area contributed by atoms with Crippen molar-refractivity contribution in [3.05, 3.63) is 35.6 Å². The number of carbonyl (C=O) groups is 1. The maximum Gasteiger partial charge on any atom is 0.224 e. The zero-order valence-electron chi connectivity index (χ0n) is 15.2. The van der Waals surface area contributed by atoms with E-state index in [1.165, 1.54) is 18.6 Å². The maximum atomic E-state index is 13.2. The molecule has 138 valence electrons. The van der Waals surface area contributed by atoms with Crippen molar-refractivity contribution in [1.29, 1.82) is 0 Å². The molecule has 2 N–H and O–H groups in total. The fourth-order valence-corrected chi connectivity index (χ4v) is 3.01. The fraction of sp³-hybridized carbons (Fsp3) is 0.579. The lowest BCUT2D eigenvalue weighted by atomic mass is 10.00. The van der Waals surface area contributed by atoms with Gasteiger partial charge in [0, 0.05) is 32.6 Å². The van der Waals surface area contributed by atoms with Gasteiger partial charge in [0.25, 0.3) is 0 Å². The first kappa shape index (κ1) is 19.2. The summed E-state index contributed by atoms with van der Waals surface area (Å²) in [6.07, 6.45) is 2.76. The topological polar surface area (TPSA) is 56.7 Å². The Hall–Kier alpha value is -2.11. The molecule has 5 nitrogen and oxygen atoms in total. The molecule has 25 heavy (non-hydrogen) atoms. The highest BCUT2D eigenvalue weighted by Gasteiger charge is 2.20. The molecule has 0 saturated carbocycles. The molecule has 1 aliphatic heterocycles. The fourth-order valence-electron chi connectivity index (χ4n) is 3.01. The van der Waals surface area contributed by atoms with E-state index in [1.54, 1.807) is 6.07 Å². The summed E-state index contributed by atoms with van der Waals surface area (Å²) in [5.74, 6) is 1.18. The lowest BCUT2D eigenvalue weighted by Gasteiger charge is -2.31. The standard InChI is InChI=1S/C19H29FN4O/c1-3-21-19(23-13-16-7-4-8-17(20)12-16)22-10-9-18(25)24-11-5-6-15(2)14-24/h4,7-8,12,15H,3,5-6,9-11,13-14H2,1-2H3,(H2,21,22,23). The molecule has 0 aliphatic carbocycles. The number of halogens is 1. The number of nitrogens with zero attached hydrogens (tertiary/aromatic N) is 2. The number of nitrogens with one attached hydrogen (secondary N) is 2. The molecule has 0 radical (unpaired) electrons. The van der Waals surface area contributed by atoms with Crippen LogP contribution in [0.15, 0.2) is 29.3 Å². The Labute approximate surface area is 149 Å². The van der Waals surface area contributed by atoms with Crippen LogP contribution in [0.3, 0.4) is 0 Å². The van der Waals surface area contributed by atoms with Crippen molar-refractivity contribution >= 4 is 11.9 Å². The second-order valence-electron chi connectivity index (χ2n) is 6.59. The smallest absolute Gasteiger partial charge is 0.224 e. The molecule has 6 heteroatoms. The third-order valence-electron chi connectivity index (χ3n) is 4.29. The summed E-state index contributed by atoms with van der Waals surface area (Å²) in [7, 11) is 0. The number of aliphatic imine (C=N–C) groups is 1. The van der Waals surface area contributed by atoms with Crippen molar-refractivity contribution in [2.45, 2.75) is 39.7 Å². The summed E-state index contributed by atoms with van der Waals surface area (Å²) in [5.41, 5.74) is 0.815. The number of hydrogen-bond donors (Lipinski definition) is 2. The molecule has 1 saturated heterocycles. The zero-order chi connectivity index (χ0) is 18.1. The number of piperidine rings is 1. The van der Waals surface area contributed by atoms with Gasteiger partial charge in [0.2, 0.25) is 5.91 Å². The van der Waals surface area contributed by atoms with Gasteiger partial charge in [-0.25, -0.2) is 9.38 Å². The maximum absolute atomic E-state index is 13.2. The molecule has 1 aromatic carbocycles. The number of guanidine groups is 1. The number of likely N-dealkylation sites (tertiary alicyclic amines) is 1. The zero-order valence-corrected chi connectivity index (χ0v) is 15.2. The van der Waals surface area contributed by atoms with Crippen LogP contribution in [0, 0.1) is 11.7 Å². The van der Waals surface area contributed by atoms with Crippen LogP contribution in [0.4, 0.5) is 4.39 Å². The number of amides is 1. The van der Waals surface area contributed by atoms with Crippen molar-refractivity contribution in [2.75, 3.05) is 26.2 Å². The van der Waals surface area contributed by atoms with Crippen LogP contribution in [0.25, 0.3) is 0 Å². The van der Waals surface area contributed by atoms with Crippen molar-refractivity contribution in [1.82, 2.24) is 15.5 Å². The van der Waals surface area contributed by atoms with Crippen LogP contribution in [-0.2, 0) is 11.3 Å². The largest absolute Gasteiger partial charge is 0.357 e. The molecule has 1 amide bonds. The second-order valence-corrected chi connectivity index (χ2v) is 6.59. The van der Waals surface area contributed by atoms with E-state index < -0.39 is 0 Å². The molecule has 0 aromatic heterocycles. The van der Waals surface area contributed by atoms with Crippen molar-refractivity contribution in [2.24, 2.45) is 10.9 Å². The Morgan fingerprint density at radius 1 is 1.40 bits per heavy atom. The van der Waals surface area contributed by atoms with E-state index in [1.807, 2.05) is 17.9 Å². The van der Waals surface area contributed by atoms with Crippen molar-refractivity contribution in [3.63, 3.8) is 0 Å². The van der Waals surface area contributed by atoms with Gasteiger partial charge in [0.1, 0.15) is 5.82 Å². The average Bonchev–Trinajstić information content (AvgIpc) is 2.59. The molecule has 1 aliphatic rings. The molecule has 2 rings (SSSR count). The Balaban J connectivity index is 1.80. The Bertz CT molecular complexity index is 591. The summed E-state index contributed by atoms with van der Waals surface area (Å²) in [5, 5.41) is 6.33. The predicted octanol–water partition coefficient (Wildman–Crippen LogP) is 2.53. The number of rotatable bonds is 6. The van der Waals surface area contributed by atoms with Gasteiger partial charge < -0.3 is 15.5 Å². The van der Waals surface area contributed by atoms with Crippen LogP contribution in [0.2, 0.25) is 0 Å². The minimum absolute atomic E-state index is 0.194. The first-order valence-electron chi connectivity index (χ1n) is 9.13. The summed E-state index contributed by atoms with van der Waals surface area (Å²) in [6.45, 7) is 7.58. The number of benzene rings is 1. The predicted molar refractivity (Wildman–Crippen MR) is 98.8 cm³/mol. The molecule has 1 heterocycles. The summed E-state index contributed by atoms with van der Waals surface area (Å²) >= 11 is 0. The Morgan fingerprint density at radius 2 is 2.24 bits per heavy atom. The summed E-state index contributed by atoms with van der Waals surface area (Å²) < 4.78 is 13.2. The molecule has 0 spiro atoms. The second kappa shape index (κ2) is 10.0. The first-order valence-corrected chi connectivity index (χ1v) is 9.13. The Morgan fingerprint density at radius 3 is 2.96 bits per heavy atom. The monoisotopic (exact) mass is 348 g/mol. The van der Waals surface area contributed by atoms with Gasteiger partial charge in [-0.1, -0.05) is 19.1 Å². The SMILES string of the molecule is CCNC(=NCc1cccc(F)c1)NCCC(=O)N1CCCC(C)C1. The third kappa shape index (κ3) is 6.72. The molecular formula is C19H29FN4O. The van der Waals surface area contributed by atoms with Gasteiger partial charge >= 0.3 is 0 Å². The molecule has 1 unspecified atom stereocenters. The van der Waals surface area contributed by atoms with Gasteiger partial charge in [-0.2, -0.15) is 0 Å². The highest BCUT2D eigenvalue weighted by atomic mass is 19.1. The van der Waals surface area contributed by atoms with Gasteiger partial charge in [0.05, 0.1) is 6.54 Å². The highest BCUT2D eigenvalue weighted by Crippen LogP contribution is 2.15. The van der Waals surface area contributed by atoms with E-state index in [0.29, 0.717) is 31.4 Å². The first-order chi connectivity index (χ1) is 12.1. The van der Waals surface area contributed by atoms with Crippen molar-refractivity contribution < 1.29 is 9.18 Å². The molecule has 1 atom stereocenters. The van der Waals surface area contributed by atoms with Gasteiger partial charge in [-0.15, -0.1) is 0 Å². The minimum Gasteiger partial charge on any atom is -0.357 e. The molecule has 0 bridgehead atoms. The average molecular weight is 348 g/mol.